The van der Waals surface area contributed by atoms with Gasteiger partial charge >= 0.3 is 0 Å². The molecule has 0 saturated carbocycles. The van der Waals surface area contributed by atoms with Crippen LogP contribution in [0.3, 0.4) is 0 Å². The Morgan fingerprint density at radius 3 is 2.46 bits per heavy atom. The molecule has 0 atom stereocenters. The van der Waals surface area contributed by atoms with E-state index in [2.05, 4.69) is 15.6 Å². The molecule has 0 bridgehead atoms. The van der Waals surface area contributed by atoms with Gasteiger partial charge in [-0.1, -0.05) is 47.5 Å². The third-order valence-corrected chi connectivity index (χ3v) is 4.29. The number of nitrogens with one attached hydrogen (secondary N) is 2. The summed E-state index contributed by atoms with van der Waals surface area (Å²) in [5.41, 5.74) is 4.08. The summed E-state index contributed by atoms with van der Waals surface area (Å²) < 4.78 is 0. The van der Waals surface area contributed by atoms with Gasteiger partial charge < -0.3 is 10.6 Å². The number of benzene rings is 2. The SMILES string of the molecule is Cc1ccccc1CNC(=O)c1cncc(Nc2cc(Cl)cc(Cl)c2)c1. The molecule has 2 aromatic carbocycles. The van der Waals surface area contributed by atoms with E-state index in [1.807, 2.05) is 31.2 Å². The van der Waals surface area contributed by atoms with Gasteiger partial charge in [0.25, 0.3) is 5.91 Å². The molecule has 4 nitrogen and oxygen atoms in total. The molecule has 2 N–H and O–H groups in total. The predicted octanol–water partition coefficient (Wildman–Crippen LogP) is 5.37. The highest BCUT2D eigenvalue weighted by Gasteiger charge is 2.08. The lowest BCUT2D eigenvalue weighted by molar-refractivity contribution is 0.0950. The number of carbonyl (C=O) groups is 1. The molecule has 0 saturated heterocycles. The fourth-order valence-corrected chi connectivity index (χ4v) is 3.04. The summed E-state index contributed by atoms with van der Waals surface area (Å²) >= 11 is 12.0. The average molecular weight is 386 g/mol. The van der Waals surface area contributed by atoms with Crippen LogP contribution in [0, 0.1) is 6.92 Å². The number of hydrogen-bond acceptors (Lipinski definition) is 3. The van der Waals surface area contributed by atoms with Gasteiger partial charge in [-0.3, -0.25) is 9.78 Å². The number of halogens is 2. The van der Waals surface area contributed by atoms with Crippen molar-refractivity contribution in [1.82, 2.24) is 10.3 Å². The minimum Gasteiger partial charge on any atom is -0.354 e. The molecule has 1 amide bonds. The fraction of sp³-hybridized carbons (Fsp3) is 0.100. The fourth-order valence-electron chi connectivity index (χ4n) is 2.51. The van der Waals surface area contributed by atoms with Gasteiger partial charge in [0.05, 0.1) is 17.4 Å². The molecule has 6 heteroatoms. The number of carbonyl (C=O) groups excluding carboxylic acids is 1. The molecule has 0 unspecified atom stereocenters. The second-order valence-corrected chi connectivity index (χ2v) is 6.73. The lowest BCUT2D eigenvalue weighted by Crippen LogP contribution is -2.23. The lowest BCUT2D eigenvalue weighted by atomic mass is 10.1. The highest BCUT2D eigenvalue weighted by molar-refractivity contribution is 6.35. The van der Waals surface area contributed by atoms with E-state index in [0.29, 0.717) is 27.8 Å². The molecule has 0 radical (unpaired) electrons. The first kappa shape index (κ1) is 18.2. The van der Waals surface area contributed by atoms with Crippen LogP contribution in [-0.2, 0) is 6.54 Å². The molecule has 0 fully saturated rings. The van der Waals surface area contributed by atoms with Crippen LogP contribution in [0.1, 0.15) is 21.5 Å². The van der Waals surface area contributed by atoms with E-state index in [-0.39, 0.29) is 5.91 Å². The number of pyridine rings is 1. The Hall–Kier alpha value is -2.56. The van der Waals surface area contributed by atoms with Gasteiger partial charge in [-0.25, -0.2) is 0 Å². The molecular formula is C20H17Cl2N3O. The number of rotatable bonds is 5. The van der Waals surface area contributed by atoms with Crippen LogP contribution >= 0.6 is 23.2 Å². The maximum absolute atomic E-state index is 12.4. The Labute approximate surface area is 162 Å². The maximum Gasteiger partial charge on any atom is 0.253 e. The van der Waals surface area contributed by atoms with E-state index in [1.165, 1.54) is 6.20 Å². The standard InChI is InChI=1S/C20H17Cl2N3O/c1-13-4-2-3-5-14(13)11-24-20(26)15-6-19(12-23-10-15)25-18-8-16(21)7-17(22)9-18/h2-10,12,25H,11H2,1H3,(H,24,26). The van der Waals surface area contributed by atoms with Gasteiger partial charge in [-0.2, -0.15) is 0 Å². The average Bonchev–Trinajstić information content (AvgIpc) is 2.60. The van der Waals surface area contributed by atoms with Crippen molar-refractivity contribution in [1.29, 1.82) is 0 Å². The van der Waals surface area contributed by atoms with Crippen LogP contribution in [0.4, 0.5) is 11.4 Å². The van der Waals surface area contributed by atoms with Crippen molar-refractivity contribution in [3.8, 4) is 0 Å². The largest absolute Gasteiger partial charge is 0.354 e. The van der Waals surface area contributed by atoms with Crippen LogP contribution in [0.15, 0.2) is 60.9 Å². The Kier molecular flexibility index (Phi) is 5.76. The Balaban J connectivity index is 1.70. The monoisotopic (exact) mass is 385 g/mol. The van der Waals surface area contributed by atoms with Crippen molar-refractivity contribution < 1.29 is 4.79 Å². The summed E-state index contributed by atoms with van der Waals surface area (Å²) in [4.78, 5) is 16.6. The summed E-state index contributed by atoms with van der Waals surface area (Å²) in [6, 6.07) is 14.8. The summed E-state index contributed by atoms with van der Waals surface area (Å²) in [6.07, 6.45) is 3.16. The molecule has 1 heterocycles. The van der Waals surface area contributed by atoms with E-state index in [9.17, 15) is 4.79 Å². The number of anilines is 2. The highest BCUT2D eigenvalue weighted by Crippen LogP contribution is 2.25. The molecule has 132 valence electrons. The quantitative estimate of drug-likeness (QED) is 0.620. The van der Waals surface area contributed by atoms with Crippen molar-refractivity contribution in [3.05, 3.63) is 87.7 Å². The van der Waals surface area contributed by atoms with Crippen LogP contribution in [0.25, 0.3) is 0 Å². The van der Waals surface area contributed by atoms with Crippen molar-refractivity contribution >= 4 is 40.5 Å². The Bertz CT molecular complexity index is 924. The summed E-state index contributed by atoms with van der Waals surface area (Å²) in [5, 5.41) is 7.12. The van der Waals surface area contributed by atoms with Crippen molar-refractivity contribution in [2.24, 2.45) is 0 Å². The third kappa shape index (κ3) is 4.75. The number of hydrogen-bond donors (Lipinski definition) is 2. The zero-order chi connectivity index (χ0) is 18.5. The van der Waals surface area contributed by atoms with Gasteiger partial charge in [-0.15, -0.1) is 0 Å². The Morgan fingerprint density at radius 1 is 1.00 bits per heavy atom. The topological polar surface area (TPSA) is 54.0 Å². The second-order valence-electron chi connectivity index (χ2n) is 5.85. The number of nitrogens with zero attached hydrogens (tertiary/aromatic N) is 1. The lowest BCUT2D eigenvalue weighted by Gasteiger charge is -2.10. The molecule has 0 aliphatic rings. The van der Waals surface area contributed by atoms with Gasteiger partial charge in [0.2, 0.25) is 0 Å². The Morgan fingerprint density at radius 2 is 1.73 bits per heavy atom. The summed E-state index contributed by atoms with van der Waals surface area (Å²) in [7, 11) is 0. The van der Waals surface area contributed by atoms with E-state index < -0.39 is 0 Å². The molecule has 0 spiro atoms. The van der Waals surface area contributed by atoms with Gasteiger partial charge in [0.15, 0.2) is 0 Å². The molecule has 26 heavy (non-hydrogen) atoms. The van der Waals surface area contributed by atoms with E-state index in [1.54, 1.807) is 30.5 Å². The maximum atomic E-state index is 12.4. The minimum atomic E-state index is -0.187. The first-order valence-corrected chi connectivity index (χ1v) is 8.78. The zero-order valence-corrected chi connectivity index (χ0v) is 15.6. The van der Waals surface area contributed by atoms with E-state index >= 15 is 0 Å². The van der Waals surface area contributed by atoms with E-state index in [0.717, 1.165) is 16.8 Å². The van der Waals surface area contributed by atoms with Crippen LogP contribution in [0.5, 0.6) is 0 Å². The molecule has 0 aliphatic carbocycles. The first-order chi connectivity index (χ1) is 12.5. The molecule has 3 rings (SSSR count). The van der Waals surface area contributed by atoms with Crippen LogP contribution < -0.4 is 10.6 Å². The van der Waals surface area contributed by atoms with Gasteiger partial charge in [-0.05, 0) is 42.3 Å². The second kappa shape index (κ2) is 8.21. The van der Waals surface area contributed by atoms with Gasteiger partial charge in [0.1, 0.15) is 0 Å². The molecular weight excluding hydrogens is 369 g/mol. The predicted molar refractivity (Wildman–Crippen MR) is 106 cm³/mol. The normalized spacial score (nSPS) is 10.4. The molecule has 3 aromatic rings. The summed E-state index contributed by atoms with van der Waals surface area (Å²) in [6.45, 7) is 2.48. The van der Waals surface area contributed by atoms with Crippen molar-refractivity contribution in [2.75, 3.05) is 5.32 Å². The number of amides is 1. The first-order valence-electron chi connectivity index (χ1n) is 8.02. The molecule has 1 aromatic heterocycles. The minimum absolute atomic E-state index is 0.187. The summed E-state index contributed by atoms with van der Waals surface area (Å²) in [5.74, 6) is -0.187. The van der Waals surface area contributed by atoms with Crippen molar-refractivity contribution in [2.45, 2.75) is 13.5 Å². The van der Waals surface area contributed by atoms with Crippen LogP contribution in [0.2, 0.25) is 10.0 Å². The van der Waals surface area contributed by atoms with Gasteiger partial charge in [0, 0.05) is 28.5 Å². The molecule has 0 aliphatic heterocycles. The van der Waals surface area contributed by atoms with Crippen LogP contribution in [-0.4, -0.2) is 10.9 Å². The van der Waals surface area contributed by atoms with Crippen molar-refractivity contribution in [3.63, 3.8) is 0 Å². The number of aryl methyl sites for hydroxylation is 1. The third-order valence-electron chi connectivity index (χ3n) is 3.85. The highest BCUT2D eigenvalue weighted by atomic mass is 35.5. The van der Waals surface area contributed by atoms with E-state index in [4.69, 9.17) is 23.2 Å². The zero-order valence-electron chi connectivity index (χ0n) is 14.1. The smallest absolute Gasteiger partial charge is 0.253 e. The number of aromatic nitrogens is 1.